The molecule has 0 saturated carbocycles. The third-order valence-corrected chi connectivity index (χ3v) is 4.04. The zero-order chi connectivity index (χ0) is 15.2. The number of nitrogens with zero attached hydrogens (tertiary/aromatic N) is 4. The van der Waals surface area contributed by atoms with Crippen LogP contribution in [0.5, 0.6) is 0 Å². The van der Waals surface area contributed by atoms with Crippen LogP contribution >= 0.6 is 11.8 Å². The van der Waals surface area contributed by atoms with Crippen LogP contribution in [0.25, 0.3) is 0 Å². The number of nitriles is 1. The number of hydrogen-bond donors (Lipinski definition) is 1. The van der Waals surface area contributed by atoms with Crippen LogP contribution in [-0.2, 0) is 24.0 Å². The van der Waals surface area contributed by atoms with E-state index in [0.717, 1.165) is 16.5 Å². The lowest BCUT2D eigenvalue weighted by Gasteiger charge is -2.03. The molecule has 0 spiro atoms. The number of carbonyl (C=O) groups is 1. The van der Waals surface area contributed by atoms with Crippen molar-refractivity contribution in [1.29, 1.82) is 5.26 Å². The van der Waals surface area contributed by atoms with Crippen LogP contribution in [0.3, 0.4) is 0 Å². The van der Waals surface area contributed by atoms with E-state index in [1.165, 1.54) is 11.8 Å². The summed E-state index contributed by atoms with van der Waals surface area (Å²) in [5.41, 5.74) is 6.83. The summed E-state index contributed by atoms with van der Waals surface area (Å²) >= 11 is 1.54. The molecule has 21 heavy (non-hydrogen) atoms. The third kappa shape index (κ3) is 4.07. The molecular formula is C14H15N5OS. The van der Waals surface area contributed by atoms with Gasteiger partial charge in [0.2, 0.25) is 5.91 Å². The number of nitrogens with two attached hydrogens (primary N) is 1. The molecule has 108 valence electrons. The molecule has 0 aliphatic rings. The van der Waals surface area contributed by atoms with Crippen LogP contribution in [-0.4, -0.2) is 20.7 Å². The first kappa shape index (κ1) is 15.1. The molecule has 0 aliphatic carbocycles. The maximum Gasteiger partial charge on any atom is 0.217 e. The van der Waals surface area contributed by atoms with Crippen molar-refractivity contribution in [1.82, 2.24) is 14.8 Å². The quantitative estimate of drug-likeness (QED) is 0.813. The maximum absolute atomic E-state index is 10.8. The molecule has 2 N–H and O–H groups in total. The highest BCUT2D eigenvalue weighted by Crippen LogP contribution is 2.21. The topological polar surface area (TPSA) is 97.6 Å². The fourth-order valence-electron chi connectivity index (χ4n) is 1.80. The van der Waals surface area contributed by atoms with Gasteiger partial charge >= 0.3 is 0 Å². The summed E-state index contributed by atoms with van der Waals surface area (Å²) in [5, 5.41) is 17.8. The van der Waals surface area contributed by atoms with Crippen molar-refractivity contribution in [3.63, 3.8) is 0 Å². The van der Waals surface area contributed by atoms with E-state index in [0.29, 0.717) is 17.7 Å². The molecule has 6 nitrogen and oxygen atoms in total. The summed E-state index contributed by atoms with van der Waals surface area (Å²) in [4.78, 5) is 10.8. The smallest absolute Gasteiger partial charge is 0.217 e. The van der Waals surface area contributed by atoms with Crippen LogP contribution < -0.4 is 5.73 Å². The van der Waals surface area contributed by atoms with Gasteiger partial charge in [-0.05, 0) is 17.7 Å². The predicted molar refractivity (Wildman–Crippen MR) is 79.2 cm³/mol. The number of rotatable bonds is 6. The summed E-state index contributed by atoms with van der Waals surface area (Å²) in [7, 11) is 1.87. The molecule has 0 bridgehead atoms. The molecule has 1 aromatic heterocycles. The molecule has 2 aromatic rings. The molecular weight excluding hydrogens is 286 g/mol. The molecule has 7 heteroatoms. The van der Waals surface area contributed by atoms with Gasteiger partial charge in [-0.2, -0.15) is 5.26 Å². The third-order valence-electron chi connectivity index (χ3n) is 2.94. The minimum absolute atomic E-state index is 0.265. The Morgan fingerprint density at radius 1 is 1.48 bits per heavy atom. The second kappa shape index (κ2) is 6.90. The van der Waals surface area contributed by atoms with Crippen molar-refractivity contribution in [3.05, 3.63) is 41.2 Å². The Balaban J connectivity index is 2.00. The summed E-state index contributed by atoms with van der Waals surface area (Å²) in [6, 6.07) is 9.59. The number of thioether (sulfide) groups is 1. The Morgan fingerprint density at radius 2 is 2.29 bits per heavy atom. The average Bonchev–Trinajstić information content (AvgIpc) is 2.83. The van der Waals surface area contributed by atoms with Crippen LogP contribution in [0.2, 0.25) is 0 Å². The van der Waals surface area contributed by atoms with E-state index in [2.05, 4.69) is 16.3 Å². The van der Waals surface area contributed by atoms with Crippen molar-refractivity contribution in [2.24, 2.45) is 12.8 Å². The molecule has 1 heterocycles. The Morgan fingerprint density at radius 3 is 3.00 bits per heavy atom. The van der Waals surface area contributed by atoms with Gasteiger partial charge in [-0.25, -0.2) is 0 Å². The minimum Gasteiger partial charge on any atom is -0.370 e. The van der Waals surface area contributed by atoms with E-state index in [-0.39, 0.29) is 12.3 Å². The molecule has 0 atom stereocenters. The highest BCUT2D eigenvalue weighted by Gasteiger charge is 2.10. The molecule has 0 aliphatic heterocycles. The number of amides is 1. The molecule has 0 unspecified atom stereocenters. The Hall–Kier alpha value is -2.33. The SMILES string of the molecule is Cn1c(CCC(N)=O)nnc1SCc1cccc(C#N)c1. The molecule has 0 radical (unpaired) electrons. The normalized spacial score (nSPS) is 10.3. The summed E-state index contributed by atoms with van der Waals surface area (Å²) < 4.78 is 1.86. The van der Waals surface area contributed by atoms with Gasteiger partial charge in [0.05, 0.1) is 11.6 Å². The van der Waals surface area contributed by atoms with Crippen molar-refractivity contribution in [3.8, 4) is 6.07 Å². The van der Waals surface area contributed by atoms with Gasteiger partial charge in [-0.3, -0.25) is 4.79 Å². The van der Waals surface area contributed by atoms with E-state index in [9.17, 15) is 4.79 Å². The van der Waals surface area contributed by atoms with Crippen molar-refractivity contribution < 1.29 is 4.79 Å². The first-order chi connectivity index (χ1) is 10.1. The van der Waals surface area contributed by atoms with Crippen LogP contribution in [0.1, 0.15) is 23.4 Å². The fourth-order valence-corrected chi connectivity index (χ4v) is 2.67. The second-order valence-corrected chi connectivity index (χ2v) is 5.47. The Kier molecular flexibility index (Phi) is 4.95. The monoisotopic (exact) mass is 301 g/mol. The average molecular weight is 301 g/mol. The first-order valence-corrected chi connectivity index (χ1v) is 7.37. The molecule has 0 fully saturated rings. The largest absolute Gasteiger partial charge is 0.370 e. The van der Waals surface area contributed by atoms with Gasteiger partial charge in [0.15, 0.2) is 5.16 Å². The number of aryl methyl sites for hydroxylation is 1. The number of carbonyl (C=O) groups excluding carboxylic acids is 1. The Bertz CT molecular complexity index is 689. The zero-order valence-corrected chi connectivity index (χ0v) is 12.4. The lowest BCUT2D eigenvalue weighted by Crippen LogP contribution is -2.12. The van der Waals surface area contributed by atoms with E-state index < -0.39 is 0 Å². The fraction of sp³-hybridized carbons (Fsp3) is 0.286. The molecule has 1 aromatic carbocycles. The molecule has 0 saturated heterocycles. The van der Waals surface area contributed by atoms with E-state index in [1.807, 2.05) is 29.8 Å². The first-order valence-electron chi connectivity index (χ1n) is 6.38. The molecule has 2 rings (SSSR count). The van der Waals surface area contributed by atoms with Crippen molar-refractivity contribution >= 4 is 17.7 Å². The number of hydrogen-bond acceptors (Lipinski definition) is 5. The number of aromatic nitrogens is 3. The highest BCUT2D eigenvalue weighted by atomic mass is 32.2. The standard InChI is InChI=1S/C14H15N5OS/c1-19-13(6-5-12(16)20)17-18-14(19)21-9-11-4-2-3-10(7-11)8-15/h2-4,7H,5-6,9H2,1H3,(H2,16,20). The van der Waals surface area contributed by atoms with Crippen LogP contribution in [0, 0.1) is 11.3 Å². The van der Waals surface area contributed by atoms with Gasteiger partial charge in [0.1, 0.15) is 5.82 Å². The van der Waals surface area contributed by atoms with Crippen molar-refractivity contribution in [2.45, 2.75) is 23.8 Å². The predicted octanol–water partition coefficient (Wildman–Crippen LogP) is 1.40. The summed E-state index contributed by atoms with van der Waals surface area (Å²) in [6.45, 7) is 0. The molecule has 1 amide bonds. The van der Waals surface area contributed by atoms with E-state index in [4.69, 9.17) is 11.0 Å². The summed E-state index contributed by atoms with van der Waals surface area (Å²) in [6.07, 6.45) is 0.754. The van der Waals surface area contributed by atoms with Gasteiger partial charge in [-0.1, -0.05) is 23.9 Å². The van der Waals surface area contributed by atoms with E-state index in [1.54, 1.807) is 6.07 Å². The van der Waals surface area contributed by atoms with Gasteiger partial charge in [-0.15, -0.1) is 10.2 Å². The van der Waals surface area contributed by atoms with Crippen LogP contribution in [0.15, 0.2) is 29.4 Å². The minimum atomic E-state index is -0.347. The van der Waals surface area contributed by atoms with E-state index >= 15 is 0 Å². The van der Waals surface area contributed by atoms with Gasteiger partial charge in [0, 0.05) is 25.6 Å². The van der Waals surface area contributed by atoms with Crippen LogP contribution in [0.4, 0.5) is 0 Å². The van der Waals surface area contributed by atoms with Gasteiger partial charge in [0.25, 0.3) is 0 Å². The highest BCUT2D eigenvalue weighted by molar-refractivity contribution is 7.98. The summed E-state index contributed by atoms with van der Waals surface area (Å²) in [5.74, 6) is 1.10. The second-order valence-electron chi connectivity index (χ2n) is 4.52. The Labute approximate surface area is 127 Å². The van der Waals surface area contributed by atoms with Crippen molar-refractivity contribution in [2.75, 3.05) is 0 Å². The lowest BCUT2D eigenvalue weighted by molar-refractivity contribution is -0.118. The zero-order valence-electron chi connectivity index (χ0n) is 11.6. The number of benzene rings is 1. The lowest BCUT2D eigenvalue weighted by atomic mass is 10.2. The number of primary amides is 1. The van der Waals surface area contributed by atoms with Gasteiger partial charge < -0.3 is 10.3 Å². The maximum atomic E-state index is 10.8.